The van der Waals surface area contributed by atoms with Crippen LogP contribution in [0.5, 0.6) is 0 Å². The van der Waals surface area contributed by atoms with Crippen molar-refractivity contribution in [3.8, 4) is 0 Å². The van der Waals surface area contributed by atoms with E-state index in [9.17, 15) is 18.8 Å². The lowest BCUT2D eigenvalue weighted by molar-refractivity contribution is -0.268. The number of carbonyl (C=O) groups is 3. The average Bonchev–Trinajstić information content (AvgIpc) is 2.27. The van der Waals surface area contributed by atoms with Crippen LogP contribution in [0.3, 0.4) is 0 Å². The molecule has 0 aromatic heterocycles. The first kappa shape index (κ1) is 16.4. The van der Waals surface area contributed by atoms with Crippen molar-refractivity contribution in [3.63, 3.8) is 0 Å². The quantitative estimate of drug-likeness (QED) is 0.552. The fourth-order valence-corrected chi connectivity index (χ4v) is 1.96. The van der Waals surface area contributed by atoms with Gasteiger partial charge in [0.05, 0.1) is 6.10 Å². The second-order valence-electron chi connectivity index (χ2n) is 4.41. The Morgan fingerprint density at radius 1 is 0.850 bits per heavy atom. The Hall–Kier alpha value is -1.70. The minimum absolute atomic E-state index is 0.651. The number of carbonyl (C=O) groups excluding carboxylic acids is 3. The summed E-state index contributed by atoms with van der Waals surface area (Å²) >= 11 is 0. The van der Waals surface area contributed by atoms with E-state index in [0.717, 1.165) is 20.8 Å². The van der Waals surface area contributed by atoms with Crippen LogP contribution in [0.15, 0.2) is 0 Å². The van der Waals surface area contributed by atoms with E-state index in [2.05, 4.69) is 0 Å². The lowest BCUT2D eigenvalue weighted by Crippen LogP contribution is -2.59. The molecule has 1 fully saturated rings. The van der Waals surface area contributed by atoms with Gasteiger partial charge in [0.2, 0.25) is 6.36 Å². The van der Waals surface area contributed by atoms with E-state index in [1.165, 1.54) is 6.92 Å². The predicted molar refractivity (Wildman–Crippen MR) is 62.1 cm³/mol. The third-order valence-electron chi connectivity index (χ3n) is 2.62. The minimum Gasteiger partial charge on any atom is -0.456 e. The molecule has 0 aromatic carbocycles. The number of hydrogen-bond acceptors (Lipinski definition) is 7. The van der Waals surface area contributed by atoms with Gasteiger partial charge in [-0.25, -0.2) is 4.39 Å². The van der Waals surface area contributed by atoms with Gasteiger partial charge in [0.15, 0.2) is 18.3 Å². The topological polar surface area (TPSA) is 88.1 Å². The molecule has 8 heteroatoms. The van der Waals surface area contributed by atoms with Gasteiger partial charge in [-0.1, -0.05) is 0 Å². The summed E-state index contributed by atoms with van der Waals surface area (Å²) < 4.78 is 33.4. The summed E-state index contributed by atoms with van der Waals surface area (Å²) in [5, 5.41) is 0. The first-order chi connectivity index (χ1) is 9.22. The maximum atomic E-state index is 13.8. The third-order valence-corrected chi connectivity index (χ3v) is 2.62. The predicted octanol–water partition coefficient (Wildman–Crippen LogP) is 0.496. The van der Waals surface area contributed by atoms with E-state index >= 15 is 0 Å². The molecule has 0 amide bonds. The summed E-state index contributed by atoms with van der Waals surface area (Å²) in [5.74, 6) is -2.14. The number of esters is 3. The van der Waals surface area contributed by atoms with Crippen molar-refractivity contribution < 1.29 is 37.7 Å². The average molecular weight is 292 g/mol. The van der Waals surface area contributed by atoms with Crippen LogP contribution in [0.1, 0.15) is 27.7 Å². The number of hydrogen-bond donors (Lipinski definition) is 0. The van der Waals surface area contributed by atoms with Crippen LogP contribution >= 0.6 is 0 Å². The van der Waals surface area contributed by atoms with Crippen molar-refractivity contribution in [3.05, 3.63) is 0 Å². The molecule has 0 bridgehead atoms. The van der Waals surface area contributed by atoms with Gasteiger partial charge in [0, 0.05) is 20.8 Å². The van der Waals surface area contributed by atoms with E-state index in [1.54, 1.807) is 0 Å². The van der Waals surface area contributed by atoms with Crippen molar-refractivity contribution in [2.75, 3.05) is 0 Å². The van der Waals surface area contributed by atoms with Gasteiger partial charge in [-0.2, -0.15) is 0 Å². The highest BCUT2D eigenvalue weighted by atomic mass is 19.1. The molecular weight excluding hydrogens is 275 g/mol. The van der Waals surface area contributed by atoms with Crippen LogP contribution in [0.2, 0.25) is 0 Å². The molecule has 114 valence electrons. The van der Waals surface area contributed by atoms with Gasteiger partial charge in [-0.05, 0) is 6.92 Å². The molecule has 1 heterocycles. The Morgan fingerprint density at radius 3 is 1.70 bits per heavy atom. The largest absolute Gasteiger partial charge is 0.456 e. The van der Waals surface area contributed by atoms with E-state index < -0.39 is 48.7 Å². The molecule has 0 aromatic rings. The Bertz CT molecular complexity index is 369. The summed E-state index contributed by atoms with van der Waals surface area (Å²) in [6, 6.07) is 0. The van der Waals surface area contributed by atoms with Gasteiger partial charge in [0.1, 0.15) is 0 Å². The Morgan fingerprint density at radius 2 is 1.25 bits per heavy atom. The smallest absolute Gasteiger partial charge is 0.303 e. The molecule has 0 N–H and O–H groups in total. The first-order valence-corrected chi connectivity index (χ1v) is 6.03. The molecule has 1 saturated heterocycles. The van der Waals surface area contributed by atoms with Crippen molar-refractivity contribution >= 4 is 17.9 Å². The van der Waals surface area contributed by atoms with E-state index in [4.69, 9.17) is 18.9 Å². The normalized spacial score (nSPS) is 33.1. The van der Waals surface area contributed by atoms with Crippen LogP contribution in [-0.4, -0.2) is 48.7 Å². The highest BCUT2D eigenvalue weighted by molar-refractivity contribution is 5.68. The summed E-state index contributed by atoms with van der Waals surface area (Å²) in [6.45, 7) is 4.81. The lowest BCUT2D eigenvalue weighted by Gasteiger charge is -2.40. The second kappa shape index (κ2) is 6.65. The minimum atomic E-state index is -1.98. The monoisotopic (exact) mass is 292 g/mol. The molecule has 0 aliphatic carbocycles. The summed E-state index contributed by atoms with van der Waals surface area (Å²) in [6.07, 6.45) is -6.65. The van der Waals surface area contributed by atoms with Crippen LogP contribution in [0, 0.1) is 0 Å². The number of rotatable bonds is 3. The zero-order chi connectivity index (χ0) is 15.4. The molecule has 5 atom stereocenters. The zero-order valence-corrected chi connectivity index (χ0v) is 11.6. The van der Waals surface area contributed by atoms with Crippen molar-refractivity contribution in [1.82, 2.24) is 0 Å². The maximum absolute atomic E-state index is 13.8. The summed E-state index contributed by atoms with van der Waals surface area (Å²) in [7, 11) is 0. The molecule has 20 heavy (non-hydrogen) atoms. The fourth-order valence-electron chi connectivity index (χ4n) is 1.96. The maximum Gasteiger partial charge on any atom is 0.303 e. The molecular formula is C12H17FO7. The van der Waals surface area contributed by atoms with E-state index in [1.807, 2.05) is 0 Å². The third kappa shape index (κ3) is 4.16. The lowest BCUT2D eigenvalue weighted by atomic mass is 9.99. The Labute approximate surface area is 115 Å². The van der Waals surface area contributed by atoms with Crippen LogP contribution in [0.4, 0.5) is 4.39 Å². The molecule has 0 spiro atoms. The summed E-state index contributed by atoms with van der Waals surface area (Å²) in [4.78, 5) is 33.2. The molecule has 0 unspecified atom stereocenters. The zero-order valence-electron chi connectivity index (χ0n) is 11.6. The van der Waals surface area contributed by atoms with Crippen LogP contribution in [-0.2, 0) is 33.3 Å². The van der Waals surface area contributed by atoms with E-state index in [-0.39, 0.29) is 0 Å². The Balaban J connectivity index is 3.01. The van der Waals surface area contributed by atoms with Crippen LogP contribution in [0.25, 0.3) is 0 Å². The number of ether oxygens (including phenoxy) is 4. The standard InChI is InChI=1S/C12H17FO7/c1-5-9(18-6(2)14)10(19-7(3)15)11(12(13)17-5)20-8(4)16/h5,9-12H,1-4H3/t5-,9+,10+,11-,12+/m1/s1. The van der Waals surface area contributed by atoms with Gasteiger partial charge >= 0.3 is 17.9 Å². The number of alkyl halides is 1. The second-order valence-corrected chi connectivity index (χ2v) is 4.41. The SMILES string of the molecule is CC(=O)O[C@H]1[C@@H](OC(C)=O)[C@@H](C)O[C@H](F)[C@@H]1OC(C)=O. The number of halogens is 1. The van der Waals surface area contributed by atoms with Crippen LogP contribution < -0.4 is 0 Å². The molecule has 0 radical (unpaired) electrons. The van der Waals surface area contributed by atoms with Gasteiger partial charge in [-0.3, -0.25) is 14.4 Å². The van der Waals surface area contributed by atoms with Gasteiger partial charge in [-0.15, -0.1) is 0 Å². The molecule has 0 saturated carbocycles. The first-order valence-electron chi connectivity index (χ1n) is 6.03. The van der Waals surface area contributed by atoms with Gasteiger partial charge in [0.25, 0.3) is 0 Å². The fraction of sp³-hybridized carbons (Fsp3) is 0.750. The molecule has 1 aliphatic rings. The van der Waals surface area contributed by atoms with Crippen molar-refractivity contribution in [2.45, 2.75) is 58.5 Å². The van der Waals surface area contributed by atoms with Crippen molar-refractivity contribution in [2.24, 2.45) is 0 Å². The van der Waals surface area contributed by atoms with Crippen molar-refractivity contribution in [1.29, 1.82) is 0 Å². The highest BCUT2D eigenvalue weighted by Gasteiger charge is 2.50. The van der Waals surface area contributed by atoms with Gasteiger partial charge < -0.3 is 18.9 Å². The highest BCUT2D eigenvalue weighted by Crippen LogP contribution is 2.29. The van der Waals surface area contributed by atoms with E-state index in [0.29, 0.717) is 0 Å². The Kier molecular flexibility index (Phi) is 5.43. The molecule has 1 aliphatic heterocycles. The molecule has 1 rings (SSSR count). The molecule has 7 nitrogen and oxygen atoms in total. The summed E-state index contributed by atoms with van der Waals surface area (Å²) in [5.41, 5.74) is 0.